The Balaban J connectivity index is 1.80. The lowest BCUT2D eigenvalue weighted by atomic mass is 9.81. The first-order valence-corrected chi connectivity index (χ1v) is 9.17. The van der Waals surface area contributed by atoms with Crippen LogP contribution < -0.4 is 5.32 Å². The van der Waals surface area contributed by atoms with Crippen LogP contribution in [0.4, 0.5) is 0 Å². The molecule has 0 unspecified atom stereocenters. The van der Waals surface area contributed by atoms with E-state index in [2.05, 4.69) is 24.4 Å². The Bertz CT molecular complexity index is 559. The maximum absolute atomic E-state index is 12.4. The molecule has 4 nitrogen and oxygen atoms in total. The Labute approximate surface area is 145 Å². The Morgan fingerprint density at radius 2 is 1.62 bits per heavy atom. The molecule has 1 aromatic carbocycles. The molecule has 2 rings (SSSR count). The van der Waals surface area contributed by atoms with Gasteiger partial charge in [0.2, 0.25) is 11.8 Å². The fourth-order valence-corrected chi connectivity index (χ4v) is 3.53. The maximum atomic E-state index is 12.4. The van der Waals surface area contributed by atoms with Crippen molar-refractivity contribution in [2.45, 2.75) is 53.0 Å². The summed E-state index contributed by atoms with van der Waals surface area (Å²) in [6.45, 7) is 8.23. The zero-order chi connectivity index (χ0) is 17.5. The van der Waals surface area contributed by atoms with E-state index in [-0.39, 0.29) is 23.7 Å². The fraction of sp³-hybridized carbons (Fsp3) is 0.600. The van der Waals surface area contributed by atoms with Gasteiger partial charge in [-0.2, -0.15) is 0 Å². The van der Waals surface area contributed by atoms with Gasteiger partial charge in [-0.1, -0.05) is 24.3 Å². The quantitative estimate of drug-likeness (QED) is 0.870. The lowest BCUT2D eigenvalue weighted by Crippen LogP contribution is -2.39. The van der Waals surface area contributed by atoms with Crippen molar-refractivity contribution in [1.82, 2.24) is 10.2 Å². The number of aryl methyl sites for hydroxylation is 1. The lowest BCUT2D eigenvalue weighted by molar-refractivity contribution is -0.138. The summed E-state index contributed by atoms with van der Waals surface area (Å²) < 4.78 is 0. The number of rotatable bonds is 6. The van der Waals surface area contributed by atoms with Crippen molar-refractivity contribution >= 4 is 11.8 Å². The zero-order valence-electron chi connectivity index (χ0n) is 15.2. The molecule has 24 heavy (non-hydrogen) atoms. The minimum absolute atomic E-state index is 0.0507. The molecule has 0 spiro atoms. The third-order valence-electron chi connectivity index (χ3n) is 5.24. The van der Waals surface area contributed by atoms with Crippen molar-refractivity contribution in [1.29, 1.82) is 0 Å². The maximum Gasteiger partial charge on any atom is 0.225 e. The normalized spacial score (nSPS) is 20.5. The predicted molar refractivity (Wildman–Crippen MR) is 96.4 cm³/mol. The summed E-state index contributed by atoms with van der Waals surface area (Å²) in [5, 5.41) is 3.06. The molecule has 1 aliphatic rings. The van der Waals surface area contributed by atoms with E-state index in [1.54, 1.807) is 0 Å². The van der Waals surface area contributed by atoms with E-state index >= 15 is 0 Å². The smallest absolute Gasteiger partial charge is 0.225 e. The summed E-state index contributed by atoms with van der Waals surface area (Å²) in [6, 6.07) is 8.12. The molecule has 0 bridgehead atoms. The number of amides is 2. The van der Waals surface area contributed by atoms with E-state index in [1.165, 1.54) is 5.56 Å². The van der Waals surface area contributed by atoms with Crippen LogP contribution in [-0.4, -0.2) is 29.8 Å². The molecule has 1 aliphatic carbocycles. The number of carbonyl (C=O) groups excluding carboxylic acids is 2. The molecule has 0 heterocycles. The topological polar surface area (TPSA) is 49.4 Å². The first-order valence-electron chi connectivity index (χ1n) is 9.17. The Morgan fingerprint density at radius 1 is 1.04 bits per heavy atom. The van der Waals surface area contributed by atoms with Crippen LogP contribution in [0.2, 0.25) is 0 Å². The molecule has 132 valence electrons. The van der Waals surface area contributed by atoms with Crippen LogP contribution >= 0.6 is 0 Å². The van der Waals surface area contributed by atoms with Gasteiger partial charge >= 0.3 is 0 Å². The van der Waals surface area contributed by atoms with Gasteiger partial charge in [0.15, 0.2) is 0 Å². The van der Waals surface area contributed by atoms with Crippen LogP contribution in [0.5, 0.6) is 0 Å². The first kappa shape index (κ1) is 18.5. The van der Waals surface area contributed by atoms with Crippen molar-refractivity contribution in [2.75, 3.05) is 13.1 Å². The molecule has 4 heteroatoms. The van der Waals surface area contributed by atoms with Gasteiger partial charge in [0.25, 0.3) is 0 Å². The van der Waals surface area contributed by atoms with Gasteiger partial charge in [0.05, 0.1) is 0 Å². The van der Waals surface area contributed by atoms with Gasteiger partial charge in [0, 0.05) is 31.5 Å². The minimum atomic E-state index is 0.0507. The fourth-order valence-electron chi connectivity index (χ4n) is 3.53. The Hall–Kier alpha value is -1.84. The third-order valence-corrected chi connectivity index (χ3v) is 5.24. The van der Waals surface area contributed by atoms with E-state index in [1.807, 2.05) is 30.9 Å². The lowest BCUT2D eigenvalue weighted by Gasteiger charge is -2.30. The molecule has 0 radical (unpaired) electrons. The predicted octanol–water partition coefficient (Wildman–Crippen LogP) is 3.29. The van der Waals surface area contributed by atoms with Crippen LogP contribution in [0, 0.1) is 18.8 Å². The highest BCUT2D eigenvalue weighted by Crippen LogP contribution is 2.30. The standard InChI is InChI=1S/C20H30N2O2/c1-4-22(5-2)20(24)17-12-10-16(11-13-17)19(23)21-14-18-9-7-6-8-15(18)3/h6-9,16-17H,4-5,10-14H2,1-3H3,(H,21,23). The van der Waals surface area contributed by atoms with Crippen LogP contribution in [0.3, 0.4) is 0 Å². The molecular formula is C20H30N2O2. The molecule has 2 amide bonds. The molecule has 0 aromatic heterocycles. The van der Waals surface area contributed by atoms with Gasteiger partial charge in [0.1, 0.15) is 0 Å². The van der Waals surface area contributed by atoms with Crippen LogP contribution in [0.15, 0.2) is 24.3 Å². The van der Waals surface area contributed by atoms with Gasteiger partial charge in [-0.3, -0.25) is 9.59 Å². The number of hydrogen-bond donors (Lipinski definition) is 1. The Morgan fingerprint density at radius 3 is 2.21 bits per heavy atom. The molecule has 0 saturated heterocycles. The largest absolute Gasteiger partial charge is 0.352 e. The van der Waals surface area contributed by atoms with E-state index in [9.17, 15) is 9.59 Å². The number of benzene rings is 1. The number of carbonyl (C=O) groups is 2. The molecule has 1 fully saturated rings. The van der Waals surface area contributed by atoms with Crippen molar-refractivity contribution in [3.8, 4) is 0 Å². The molecule has 0 atom stereocenters. The van der Waals surface area contributed by atoms with Gasteiger partial charge in [-0.15, -0.1) is 0 Å². The van der Waals surface area contributed by atoms with E-state index in [0.29, 0.717) is 6.54 Å². The minimum Gasteiger partial charge on any atom is -0.352 e. The van der Waals surface area contributed by atoms with Crippen molar-refractivity contribution in [3.05, 3.63) is 35.4 Å². The highest BCUT2D eigenvalue weighted by molar-refractivity contribution is 5.81. The highest BCUT2D eigenvalue weighted by atomic mass is 16.2. The average molecular weight is 330 g/mol. The first-order chi connectivity index (χ1) is 11.6. The van der Waals surface area contributed by atoms with E-state index in [4.69, 9.17) is 0 Å². The highest BCUT2D eigenvalue weighted by Gasteiger charge is 2.31. The van der Waals surface area contributed by atoms with Crippen molar-refractivity contribution < 1.29 is 9.59 Å². The average Bonchev–Trinajstić information content (AvgIpc) is 2.62. The second-order valence-electron chi connectivity index (χ2n) is 6.70. The zero-order valence-corrected chi connectivity index (χ0v) is 15.2. The van der Waals surface area contributed by atoms with Gasteiger partial charge in [-0.25, -0.2) is 0 Å². The molecule has 0 aliphatic heterocycles. The van der Waals surface area contributed by atoms with Gasteiger partial charge in [-0.05, 0) is 57.6 Å². The van der Waals surface area contributed by atoms with Crippen molar-refractivity contribution in [2.24, 2.45) is 11.8 Å². The molecule has 1 N–H and O–H groups in total. The van der Waals surface area contributed by atoms with Crippen LogP contribution in [-0.2, 0) is 16.1 Å². The second kappa shape index (κ2) is 8.86. The monoisotopic (exact) mass is 330 g/mol. The summed E-state index contributed by atoms with van der Waals surface area (Å²) in [5.74, 6) is 0.547. The SMILES string of the molecule is CCN(CC)C(=O)C1CCC(C(=O)NCc2ccccc2C)CC1. The van der Waals surface area contributed by atoms with Crippen LogP contribution in [0.1, 0.15) is 50.7 Å². The van der Waals surface area contributed by atoms with Crippen LogP contribution in [0.25, 0.3) is 0 Å². The molecule has 1 aromatic rings. The number of nitrogens with one attached hydrogen (secondary N) is 1. The summed E-state index contributed by atoms with van der Waals surface area (Å²) in [6.07, 6.45) is 3.30. The van der Waals surface area contributed by atoms with E-state index < -0.39 is 0 Å². The summed E-state index contributed by atoms with van der Waals surface area (Å²) in [4.78, 5) is 26.7. The summed E-state index contributed by atoms with van der Waals surface area (Å²) >= 11 is 0. The Kier molecular flexibility index (Phi) is 6.83. The second-order valence-corrected chi connectivity index (χ2v) is 6.70. The summed E-state index contributed by atoms with van der Waals surface area (Å²) in [7, 11) is 0. The third kappa shape index (κ3) is 4.59. The molecular weight excluding hydrogens is 300 g/mol. The van der Waals surface area contributed by atoms with Crippen molar-refractivity contribution in [3.63, 3.8) is 0 Å². The van der Waals surface area contributed by atoms with E-state index in [0.717, 1.165) is 44.3 Å². The number of nitrogens with zero attached hydrogens (tertiary/aromatic N) is 1. The molecule has 1 saturated carbocycles. The number of hydrogen-bond acceptors (Lipinski definition) is 2. The van der Waals surface area contributed by atoms with Gasteiger partial charge < -0.3 is 10.2 Å². The summed E-state index contributed by atoms with van der Waals surface area (Å²) in [5.41, 5.74) is 2.36.